The van der Waals surface area contributed by atoms with Crippen molar-refractivity contribution >= 4 is 12.0 Å². The van der Waals surface area contributed by atoms with E-state index < -0.39 is 11.9 Å². The van der Waals surface area contributed by atoms with Crippen LogP contribution in [0.5, 0.6) is 0 Å². The lowest BCUT2D eigenvalue weighted by Gasteiger charge is -2.23. The van der Waals surface area contributed by atoms with Crippen LogP contribution in [0.2, 0.25) is 0 Å². The van der Waals surface area contributed by atoms with Crippen molar-refractivity contribution in [1.29, 1.82) is 0 Å². The molecule has 1 aromatic heterocycles. The van der Waals surface area contributed by atoms with Crippen LogP contribution in [0.15, 0.2) is 12.4 Å². The number of urea groups is 1. The molecule has 0 aromatic carbocycles. The van der Waals surface area contributed by atoms with E-state index in [1.165, 1.54) is 4.90 Å². The minimum atomic E-state index is -0.837. The number of nitrogens with one attached hydrogen (secondary N) is 1. The first-order valence-electron chi connectivity index (χ1n) is 6.20. The summed E-state index contributed by atoms with van der Waals surface area (Å²) in [5, 5.41) is 9.06. The molecule has 2 N–H and O–H groups in total. The highest BCUT2D eigenvalue weighted by Gasteiger charge is 2.37. The van der Waals surface area contributed by atoms with Crippen molar-refractivity contribution in [1.82, 2.24) is 19.8 Å². The second-order valence-electron chi connectivity index (χ2n) is 5.00. The van der Waals surface area contributed by atoms with Crippen molar-refractivity contribution < 1.29 is 14.7 Å². The Labute approximate surface area is 111 Å². The highest BCUT2D eigenvalue weighted by molar-refractivity contribution is 5.77. The standard InChI is InChI=1S/C12H18N4O3/c1-8-5-16(6-9(8)11(17)18)12(19)15(2)7-10-13-3-4-14-10/h3-4,8-9H,5-7H2,1-2H3,(H,13,14)(H,17,18)/t8-,9-/m1/s1. The number of carbonyl (C=O) groups excluding carboxylic acids is 1. The van der Waals surface area contributed by atoms with Gasteiger partial charge in [0.2, 0.25) is 0 Å². The number of aromatic amines is 1. The van der Waals surface area contributed by atoms with E-state index in [4.69, 9.17) is 5.11 Å². The van der Waals surface area contributed by atoms with Crippen molar-refractivity contribution in [3.8, 4) is 0 Å². The predicted molar refractivity (Wildman–Crippen MR) is 67.3 cm³/mol. The molecule has 1 aromatic rings. The number of carboxylic acids is 1. The molecule has 1 saturated heterocycles. The first-order valence-corrected chi connectivity index (χ1v) is 6.20. The molecular formula is C12H18N4O3. The number of rotatable bonds is 3. The Kier molecular flexibility index (Phi) is 3.73. The van der Waals surface area contributed by atoms with Gasteiger partial charge in [-0.3, -0.25) is 4.79 Å². The van der Waals surface area contributed by atoms with Crippen LogP contribution in [0.3, 0.4) is 0 Å². The Hall–Kier alpha value is -2.05. The third-order valence-electron chi connectivity index (χ3n) is 3.47. The first-order chi connectivity index (χ1) is 8.99. The Morgan fingerprint density at radius 3 is 2.84 bits per heavy atom. The minimum Gasteiger partial charge on any atom is -0.481 e. The van der Waals surface area contributed by atoms with Crippen LogP contribution >= 0.6 is 0 Å². The van der Waals surface area contributed by atoms with Gasteiger partial charge in [0, 0.05) is 32.5 Å². The van der Waals surface area contributed by atoms with E-state index in [0.29, 0.717) is 18.9 Å². The van der Waals surface area contributed by atoms with Crippen LogP contribution in [0.1, 0.15) is 12.7 Å². The Balaban J connectivity index is 1.95. The molecule has 2 rings (SSSR count). The summed E-state index contributed by atoms with van der Waals surface area (Å²) in [5.41, 5.74) is 0. The number of aromatic nitrogens is 2. The fourth-order valence-electron chi connectivity index (χ4n) is 2.36. The smallest absolute Gasteiger partial charge is 0.320 e. The Morgan fingerprint density at radius 1 is 1.58 bits per heavy atom. The van der Waals surface area contributed by atoms with Gasteiger partial charge >= 0.3 is 12.0 Å². The number of carboxylic acid groups (broad SMARTS) is 1. The van der Waals surface area contributed by atoms with Crippen LogP contribution in [-0.4, -0.2) is 57.0 Å². The molecule has 0 unspecified atom stereocenters. The average Bonchev–Trinajstić information content (AvgIpc) is 2.97. The van der Waals surface area contributed by atoms with E-state index in [2.05, 4.69) is 9.97 Å². The Bertz CT molecular complexity index is 460. The predicted octanol–water partition coefficient (Wildman–Crippen LogP) is 0.614. The van der Waals surface area contributed by atoms with Gasteiger partial charge < -0.3 is 19.9 Å². The maximum absolute atomic E-state index is 12.2. The van der Waals surface area contributed by atoms with Crippen LogP contribution in [0.4, 0.5) is 4.79 Å². The molecule has 0 saturated carbocycles. The number of hydrogen-bond donors (Lipinski definition) is 2. The summed E-state index contributed by atoms with van der Waals surface area (Å²) in [7, 11) is 1.68. The maximum atomic E-state index is 12.2. The second kappa shape index (κ2) is 5.29. The molecule has 19 heavy (non-hydrogen) atoms. The van der Waals surface area contributed by atoms with E-state index >= 15 is 0 Å². The molecule has 7 heteroatoms. The zero-order valence-electron chi connectivity index (χ0n) is 11.0. The number of aliphatic carboxylic acids is 1. The summed E-state index contributed by atoms with van der Waals surface area (Å²) in [6.45, 7) is 3.00. The van der Waals surface area contributed by atoms with Crippen LogP contribution in [0, 0.1) is 11.8 Å². The van der Waals surface area contributed by atoms with Gasteiger partial charge in [0.1, 0.15) is 5.82 Å². The number of imidazole rings is 1. The molecule has 104 valence electrons. The van der Waals surface area contributed by atoms with E-state index in [1.807, 2.05) is 6.92 Å². The van der Waals surface area contributed by atoms with Crippen molar-refractivity contribution in [2.75, 3.05) is 20.1 Å². The SMILES string of the molecule is C[C@@H]1CN(C(=O)N(C)Cc2ncc[nH]2)C[C@H]1C(=O)O. The molecule has 1 aliphatic heterocycles. The molecule has 2 atom stereocenters. The molecule has 1 fully saturated rings. The second-order valence-corrected chi connectivity index (χ2v) is 5.00. The Morgan fingerprint density at radius 2 is 2.32 bits per heavy atom. The minimum absolute atomic E-state index is 0.0153. The lowest BCUT2D eigenvalue weighted by Crippen LogP contribution is -2.40. The van der Waals surface area contributed by atoms with Crippen molar-refractivity contribution in [2.45, 2.75) is 13.5 Å². The number of hydrogen-bond acceptors (Lipinski definition) is 3. The molecule has 1 aliphatic rings. The summed E-state index contributed by atoms with van der Waals surface area (Å²) >= 11 is 0. The van der Waals surface area contributed by atoms with Crippen molar-refractivity contribution in [3.05, 3.63) is 18.2 Å². The molecule has 0 bridgehead atoms. The molecule has 7 nitrogen and oxygen atoms in total. The fraction of sp³-hybridized carbons (Fsp3) is 0.583. The van der Waals surface area contributed by atoms with Gasteiger partial charge in [-0.05, 0) is 5.92 Å². The van der Waals surface area contributed by atoms with Crippen LogP contribution in [0.25, 0.3) is 0 Å². The molecule has 0 spiro atoms. The van der Waals surface area contributed by atoms with Gasteiger partial charge in [-0.2, -0.15) is 0 Å². The first kappa shape index (κ1) is 13.4. The van der Waals surface area contributed by atoms with Gasteiger partial charge in [0.15, 0.2) is 0 Å². The number of nitrogens with zero attached hydrogens (tertiary/aromatic N) is 3. The quantitative estimate of drug-likeness (QED) is 0.839. The van der Waals surface area contributed by atoms with E-state index in [0.717, 1.165) is 0 Å². The molecule has 2 heterocycles. The lowest BCUT2D eigenvalue weighted by molar-refractivity contribution is -0.142. The van der Waals surface area contributed by atoms with Gasteiger partial charge in [-0.1, -0.05) is 6.92 Å². The summed E-state index contributed by atoms with van der Waals surface area (Å²) < 4.78 is 0. The largest absolute Gasteiger partial charge is 0.481 e. The molecule has 2 amide bonds. The zero-order valence-corrected chi connectivity index (χ0v) is 11.0. The molecule has 0 radical (unpaired) electrons. The van der Waals surface area contributed by atoms with Crippen LogP contribution < -0.4 is 0 Å². The van der Waals surface area contributed by atoms with E-state index in [9.17, 15) is 9.59 Å². The highest BCUT2D eigenvalue weighted by Crippen LogP contribution is 2.24. The third kappa shape index (κ3) is 2.86. The van der Waals surface area contributed by atoms with Crippen LogP contribution in [-0.2, 0) is 11.3 Å². The summed E-state index contributed by atoms with van der Waals surface area (Å²) in [6.07, 6.45) is 3.33. The summed E-state index contributed by atoms with van der Waals surface area (Å²) in [5.74, 6) is -0.617. The fourth-order valence-corrected chi connectivity index (χ4v) is 2.36. The van der Waals surface area contributed by atoms with Gasteiger partial charge in [-0.15, -0.1) is 0 Å². The lowest BCUT2D eigenvalue weighted by atomic mass is 9.99. The number of H-pyrrole nitrogens is 1. The number of amides is 2. The highest BCUT2D eigenvalue weighted by atomic mass is 16.4. The van der Waals surface area contributed by atoms with Gasteiger partial charge in [0.25, 0.3) is 0 Å². The van der Waals surface area contributed by atoms with Gasteiger partial charge in [0.05, 0.1) is 12.5 Å². The van der Waals surface area contributed by atoms with Crippen molar-refractivity contribution in [2.24, 2.45) is 11.8 Å². The van der Waals surface area contributed by atoms with Gasteiger partial charge in [-0.25, -0.2) is 9.78 Å². The maximum Gasteiger partial charge on any atom is 0.320 e. The zero-order chi connectivity index (χ0) is 14.0. The number of carbonyl (C=O) groups is 2. The molecular weight excluding hydrogens is 248 g/mol. The summed E-state index contributed by atoms with van der Waals surface area (Å²) in [4.78, 5) is 33.4. The summed E-state index contributed by atoms with van der Waals surface area (Å²) in [6, 6.07) is -0.160. The normalized spacial score (nSPS) is 22.5. The monoisotopic (exact) mass is 266 g/mol. The third-order valence-corrected chi connectivity index (χ3v) is 3.47. The van der Waals surface area contributed by atoms with E-state index in [-0.39, 0.29) is 18.5 Å². The average molecular weight is 266 g/mol. The van der Waals surface area contributed by atoms with E-state index in [1.54, 1.807) is 24.3 Å². The topological polar surface area (TPSA) is 89.5 Å². The molecule has 0 aliphatic carbocycles. The van der Waals surface area contributed by atoms with Crippen molar-refractivity contribution in [3.63, 3.8) is 0 Å². The number of likely N-dealkylation sites (tertiary alicyclic amines) is 1.